The van der Waals surface area contributed by atoms with Crippen LogP contribution in [0.3, 0.4) is 0 Å². The maximum atomic E-state index is 12.3. The van der Waals surface area contributed by atoms with E-state index in [-0.39, 0.29) is 19.1 Å². The largest absolute Gasteiger partial charge is 0.496 e. The molecule has 0 unspecified atom stereocenters. The lowest BCUT2D eigenvalue weighted by atomic mass is 10.1. The van der Waals surface area contributed by atoms with Crippen LogP contribution in [0, 0.1) is 11.8 Å². The average Bonchev–Trinajstić information content (AvgIpc) is 3.31. The maximum Gasteiger partial charge on any atom is 0.270 e. The first kappa shape index (κ1) is 20.0. The van der Waals surface area contributed by atoms with Crippen LogP contribution >= 0.6 is 0 Å². The molecular weight excluding hydrogens is 392 g/mol. The van der Waals surface area contributed by atoms with Gasteiger partial charge in [-0.1, -0.05) is 30.0 Å². The fourth-order valence-electron chi connectivity index (χ4n) is 3.02. The van der Waals surface area contributed by atoms with E-state index in [4.69, 9.17) is 9.47 Å². The number of carbonyl (C=O) groups is 1. The molecule has 2 N–H and O–H groups in total. The zero-order chi connectivity index (χ0) is 21.5. The Hall–Kier alpha value is -4.31. The number of nitrogens with zero attached hydrogens (tertiary/aromatic N) is 2. The summed E-state index contributed by atoms with van der Waals surface area (Å²) in [6, 6.07) is 18.8. The van der Waals surface area contributed by atoms with Crippen molar-refractivity contribution >= 4 is 16.8 Å². The number of aromatic amines is 1. The van der Waals surface area contributed by atoms with Gasteiger partial charge in [-0.3, -0.25) is 14.9 Å². The van der Waals surface area contributed by atoms with Gasteiger partial charge in [0.2, 0.25) is 0 Å². The Morgan fingerprint density at radius 3 is 2.90 bits per heavy atom. The average molecular weight is 412 g/mol. The summed E-state index contributed by atoms with van der Waals surface area (Å²) in [6.45, 7) is 0.417. The van der Waals surface area contributed by atoms with Gasteiger partial charge in [0.15, 0.2) is 0 Å². The number of pyridine rings is 1. The number of ether oxygens (including phenoxy) is 2. The van der Waals surface area contributed by atoms with Crippen molar-refractivity contribution in [1.29, 1.82) is 0 Å². The first-order valence-electron chi connectivity index (χ1n) is 9.65. The molecule has 2 aromatic carbocycles. The van der Waals surface area contributed by atoms with Crippen LogP contribution in [0.1, 0.15) is 10.5 Å². The lowest BCUT2D eigenvalue weighted by Crippen LogP contribution is -2.24. The summed E-state index contributed by atoms with van der Waals surface area (Å²) in [5, 5.41) is 10.7. The minimum Gasteiger partial charge on any atom is -0.496 e. The number of hydrogen-bond donors (Lipinski definition) is 2. The summed E-state index contributed by atoms with van der Waals surface area (Å²) in [6.07, 6.45) is 1.74. The fourth-order valence-corrected chi connectivity index (χ4v) is 3.02. The van der Waals surface area contributed by atoms with Crippen molar-refractivity contribution in [2.45, 2.75) is 0 Å². The van der Waals surface area contributed by atoms with E-state index in [9.17, 15) is 4.79 Å². The molecule has 0 radical (unpaired) electrons. The summed E-state index contributed by atoms with van der Waals surface area (Å²) in [7, 11) is 1.60. The van der Waals surface area contributed by atoms with Gasteiger partial charge in [-0.15, -0.1) is 0 Å². The molecule has 31 heavy (non-hydrogen) atoms. The number of nitrogens with one attached hydrogen (secondary N) is 2. The van der Waals surface area contributed by atoms with Crippen molar-refractivity contribution in [2.75, 3.05) is 20.3 Å². The van der Waals surface area contributed by atoms with Gasteiger partial charge in [0.05, 0.1) is 24.9 Å². The highest BCUT2D eigenvalue weighted by molar-refractivity contribution is 5.93. The molecular formula is C24H20N4O3. The summed E-state index contributed by atoms with van der Waals surface area (Å²) >= 11 is 0. The number of para-hydroxylation sites is 1. The number of methoxy groups -OCH3 is 1. The smallest absolute Gasteiger partial charge is 0.270 e. The van der Waals surface area contributed by atoms with Gasteiger partial charge < -0.3 is 14.8 Å². The van der Waals surface area contributed by atoms with E-state index in [2.05, 4.69) is 32.3 Å². The van der Waals surface area contributed by atoms with E-state index in [0.29, 0.717) is 22.9 Å². The molecule has 0 aliphatic heterocycles. The van der Waals surface area contributed by atoms with Crippen LogP contribution in [0.4, 0.5) is 0 Å². The van der Waals surface area contributed by atoms with Crippen molar-refractivity contribution < 1.29 is 14.3 Å². The second-order valence-electron chi connectivity index (χ2n) is 6.55. The predicted molar refractivity (Wildman–Crippen MR) is 118 cm³/mol. The first-order valence-corrected chi connectivity index (χ1v) is 9.65. The van der Waals surface area contributed by atoms with Gasteiger partial charge in [-0.25, -0.2) is 0 Å². The molecule has 0 aliphatic rings. The minimum atomic E-state index is -0.288. The van der Waals surface area contributed by atoms with Crippen molar-refractivity contribution in [3.05, 3.63) is 72.6 Å². The van der Waals surface area contributed by atoms with E-state index >= 15 is 0 Å². The SMILES string of the molecule is COc1ccccc1-c1cc(C(=O)NCC#CCOc2ccc3cccnc3c2)[nH]n1. The van der Waals surface area contributed by atoms with Crippen LogP contribution in [0.25, 0.3) is 22.2 Å². The predicted octanol–water partition coefficient (Wildman–Crippen LogP) is 3.45. The lowest BCUT2D eigenvalue weighted by Gasteiger charge is -2.04. The van der Waals surface area contributed by atoms with Gasteiger partial charge in [-0.05, 0) is 36.4 Å². The normalized spacial score (nSPS) is 10.2. The van der Waals surface area contributed by atoms with Crippen LogP contribution < -0.4 is 14.8 Å². The van der Waals surface area contributed by atoms with Gasteiger partial charge in [-0.2, -0.15) is 5.10 Å². The zero-order valence-electron chi connectivity index (χ0n) is 16.9. The standard InChI is InChI=1S/C24H20N4O3/c1-30-23-9-3-2-8-19(23)21-16-22(28-27-21)24(29)26-12-4-5-14-31-18-11-10-17-7-6-13-25-20(17)15-18/h2-3,6-11,13,15-16H,12,14H2,1H3,(H,26,29)(H,27,28). The molecule has 0 saturated carbocycles. The third kappa shape index (κ3) is 4.82. The van der Waals surface area contributed by atoms with E-state index < -0.39 is 0 Å². The highest BCUT2D eigenvalue weighted by Crippen LogP contribution is 2.28. The lowest BCUT2D eigenvalue weighted by molar-refractivity contribution is 0.0953. The van der Waals surface area contributed by atoms with Crippen LogP contribution in [0.2, 0.25) is 0 Å². The highest BCUT2D eigenvalue weighted by atomic mass is 16.5. The molecule has 2 aromatic heterocycles. The molecule has 0 fully saturated rings. The van der Waals surface area contributed by atoms with Gasteiger partial charge in [0, 0.05) is 23.2 Å². The van der Waals surface area contributed by atoms with Crippen LogP contribution in [-0.4, -0.2) is 41.3 Å². The molecule has 154 valence electrons. The minimum absolute atomic E-state index is 0.199. The molecule has 7 heteroatoms. The summed E-state index contributed by atoms with van der Waals surface area (Å²) in [5.74, 6) is 6.86. The quantitative estimate of drug-likeness (QED) is 0.474. The van der Waals surface area contributed by atoms with E-state index in [0.717, 1.165) is 16.5 Å². The van der Waals surface area contributed by atoms with Crippen LogP contribution in [0.15, 0.2) is 66.9 Å². The van der Waals surface area contributed by atoms with Crippen molar-refractivity contribution in [2.24, 2.45) is 0 Å². The summed E-state index contributed by atoms with van der Waals surface area (Å²) in [4.78, 5) is 16.6. The topological polar surface area (TPSA) is 89.1 Å². The molecule has 0 spiro atoms. The summed E-state index contributed by atoms with van der Waals surface area (Å²) < 4.78 is 11.0. The molecule has 7 nitrogen and oxygen atoms in total. The third-order valence-corrected chi connectivity index (χ3v) is 4.56. The van der Waals surface area contributed by atoms with Crippen molar-refractivity contribution in [3.8, 4) is 34.6 Å². The zero-order valence-corrected chi connectivity index (χ0v) is 16.9. The second kappa shape index (κ2) is 9.46. The molecule has 2 heterocycles. The molecule has 0 bridgehead atoms. The number of aromatic nitrogens is 3. The first-order chi connectivity index (χ1) is 15.2. The fraction of sp³-hybridized carbons (Fsp3) is 0.125. The van der Waals surface area contributed by atoms with E-state index in [1.54, 1.807) is 19.4 Å². The Kier molecular flexibility index (Phi) is 6.10. The molecule has 4 aromatic rings. The van der Waals surface area contributed by atoms with Gasteiger partial charge in [0.25, 0.3) is 5.91 Å². The van der Waals surface area contributed by atoms with Crippen LogP contribution in [0.5, 0.6) is 11.5 Å². The Balaban J connectivity index is 1.28. The second-order valence-corrected chi connectivity index (χ2v) is 6.55. The number of benzene rings is 2. The number of rotatable bonds is 6. The number of hydrogen-bond acceptors (Lipinski definition) is 5. The Morgan fingerprint density at radius 1 is 1.10 bits per heavy atom. The molecule has 0 atom stereocenters. The number of H-pyrrole nitrogens is 1. The Bertz CT molecular complexity index is 1270. The summed E-state index contributed by atoms with van der Waals surface area (Å²) in [5.41, 5.74) is 2.66. The molecule has 1 amide bonds. The van der Waals surface area contributed by atoms with E-state index in [1.165, 1.54) is 0 Å². The van der Waals surface area contributed by atoms with Gasteiger partial charge in [0.1, 0.15) is 23.8 Å². The van der Waals surface area contributed by atoms with Gasteiger partial charge >= 0.3 is 0 Å². The van der Waals surface area contributed by atoms with E-state index in [1.807, 2.05) is 54.6 Å². The molecule has 0 saturated heterocycles. The molecule has 0 aliphatic carbocycles. The highest BCUT2D eigenvalue weighted by Gasteiger charge is 2.12. The van der Waals surface area contributed by atoms with Crippen molar-refractivity contribution in [3.63, 3.8) is 0 Å². The van der Waals surface area contributed by atoms with Crippen molar-refractivity contribution in [1.82, 2.24) is 20.5 Å². The maximum absolute atomic E-state index is 12.3. The Labute approximate surface area is 179 Å². The number of carbonyl (C=O) groups excluding carboxylic acids is 1. The van der Waals surface area contributed by atoms with Crippen LogP contribution in [-0.2, 0) is 0 Å². The third-order valence-electron chi connectivity index (χ3n) is 4.56. The Morgan fingerprint density at radius 2 is 2.00 bits per heavy atom. The monoisotopic (exact) mass is 412 g/mol. The molecule has 4 rings (SSSR count). The number of fused-ring (bicyclic) bond motifs is 1. The number of amides is 1.